The number of carbonyl (C=O) groups excluding carboxylic acids is 2. The summed E-state index contributed by atoms with van der Waals surface area (Å²) in [6.45, 7) is -0.472. The summed E-state index contributed by atoms with van der Waals surface area (Å²) in [5, 5.41) is 6.47. The first-order valence-electron chi connectivity index (χ1n) is 9.66. The Hall–Kier alpha value is -2.98. The zero-order valence-corrected chi connectivity index (χ0v) is 18.4. The van der Waals surface area contributed by atoms with Crippen molar-refractivity contribution in [1.29, 1.82) is 0 Å². The molecule has 3 aromatic rings. The van der Waals surface area contributed by atoms with Gasteiger partial charge in [-0.25, -0.2) is 17.9 Å². The van der Waals surface area contributed by atoms with Gasteiger partial charge in [-0.3, -0.25) is 4.79 Å². The summed E-state index contributed by atoms with van der Waals surface area (Å²) in [7, 11) is -1.58. The first-order valence-corrected chi connectivity index (χ1v) is 12.4. The molecular weight excluding hydrogens is 438 g/mol. The van der Waals surface area contributed by atoms with Gasteiger partial charge in [-0.1, -0.05) is 24.3 Å². The molecule has 1 fully saturated rings. The molecule has 2 aromatic heterocycles. The van der Waals surface area contributed by atoms with Crippen LogP contribution >= 0.6 is 11.3 Å². The topological polar surface area (TPSA) is 98.6 Å². The van der Waals surface area contributed by atoms with E-state index in [1.807, 2.05) is 47.8 Å². The van der Waals surface area contributed by atoms with Gasteiger partial charge in [0.05, 0.1) is 22.1 Å². The van der Waals surface area contributed by atoms with Crippen molar-refractivity contribution in [2.75, 3.05) is 25.2 Å². The number of rotatable bonds is 6. The highest BCUT2D eigenvalue weighted by molar-refractivity contribution is 7.91. The van der Waals surface area contributed by atoms with Crippen LogP contribution in [0.4, 0.5) is 0 Å². The van der Waals surface area contributed by atoms with E-state index >= 15 is 0 Å². The maximum Gasteiger partial charge on any atom is 0.357 e. The Balaban J connectivity index is 1.51. The van der Waals surface area contributed by atoms with Crippen molar-refractivity contribution < 1.29 is 22.7 Å². The Morgan fingerprint density at radius 1 is 1.23 bits per heavy atom. The van der Waals surface area contributed by atoms with E-state index in [0.29, 0.717) is 17.8 Å². The Morgan fingerprint density at radius 2 is 2.00 bits per heavy atom. The molecule has 0 N–H and O–H groups in total. The summed E-state index contributed by atoms with van der Waals surface area (Å²) in [6, 6.07) is 14.2. The summed E-state index contributed by atoms with van der Waals surface area (Å²) in [5.74, 6) is -1.12. The summed E-state index contributed by atoms with van der Waals surface area (Å²) < 4.78 is 30.1. The molecule has 0 radical (unpaired) electrons. The molecule has 1 atom stereocenters. The molecule has 3 heterocycles. The lowest BCUT2D eigenvalue weighted by Crippen LogP contribution is -2.40. The molecule has 162 valence electrons. The number of amides is 1. The van der Waals surface area contributed by atoms with Crippen LogP contribution in [0.25, 0.3) is 16.3 Å². The number of ether oxygens (including phenoxy) is 1. The summed E-state index contributed by atoms with van der Waals surface area (Å²) in [6.07, 6.45) is 0.392. The molecule has 1 amide bonds. The fourth-order valence-electron chi connectivity index (χ4n) is 3.42. The normalized spacial score (nSPS) is 17.4. The van der Waals surface area contributed by atoms with Crippen molar-refractivity contribution in [2.24, 2.45) is 0 Å². The SMILES string of the molecule is CN(C(=O)COC(=O)c1cc(-c2cccs2)nn1-c1ccccc1)[C@@H]1CCS(=O)(=O)C1. The molecule has 0 bridgehead atoms. The minimum absolute atomic E-state index is 0.0614. The Labute approximate surface area is 184 Å². The molecule has 10 heteroatoms. The van der Waals surface area contributed by atoms with Gasteiger partial charge >= 0.3 is 5.97 Å². The molecule has 0 aliphatic carbocycles. The molecule has 0 spiro atoms. The number of para-hydroxylation sites is 1. The molecular formula is C21H21N3O5S2. The van der Waals surface area contributed by atoms with E-state index in [1.54, 1.807) is 6.07 Å². The highest BCUT2D eigenvalue weighted by Gasteiger charge is 2.33. The maximum absolute atomic E-state index is 12.8. The lowest BCUT2D eigenvalue weighted by atomic mass is 10.2. The standard InChI is InChI=1S/C21H21N3O5S2/c1-23(16-9-11-31(27,28)14-16)20(25)13-29-21(26)18-12-17(19-8-5-10-30-19)22-24(18)15-6-3-2-4-7-15/h2-8,10,12,16H,9,11,13-14H2,1H3/t16-/m1/s1. The predicted molar refractivity (Wildman–Crippen MR) is 117 cm³/mol. The van der Waals surface area contributed by atoms with Crippen LogP contribution in [-0.4, -0.2) is 66.2 Å². The van der Waals surface area contributed by atoms with Crippen molar-refractivity contribution >= 4 is 33.1 Å². The van der Waals surface area contributed by atoms with Gasteiger partial charge in [0.25, 0.3) is 5.91 Å². The van der Waals surface area contributed by atoms with Crippen LogP contribution in [-0.2, 0) is 19.4 Å². The number of thiophene rings is 1. The third-order valence-electron chi connectivity index (χ3n) is 5.17. The number of sulfone groups is 1. The zero-order valence-electron chi connectivity index (χ0n) is 16.8. The summed E-state index contributed by atoms with van der Waals surface area (Å²) in [4.78, 5) is 27.5. The molecule has 1 aliphatic rings. The number of hydrogen-bond acceptors (Lipinski definition) is 7. The van der Waals surface area contributed by atoms with E-state index < -0.39 is 34.4 Å². The first-order chi connectivity index (χ1) is 14.8. The number of aromatic nitrogens is 2. The molecule has 1 aromatic carbocycles. The fourth-order valence-corrected chi connectivity index (χ4v) is 5.88. The third kappa shape index (κ3) is 4.70. The van der Waals surface area contributed by atoms with Crippen LogP contribution in [0.15, 0.2) is 53.9 Å². The van der Waals surface area contributed by atoms with Crippen molar-refractivity contribution in [3.63, 3.8) is 0 Å². The monoisotopic (exact) mass is 459 g/mol. The Morgan fingerprint density at radius 3 is 2.65 bits per heavy atom. The van der Waals surface area contributed by atoms with Crippen LogP contribution < -0.4 is 0 Å². The van der Waals surface area contributed by atoms with E-state index in [0.717, 1.165) is 4.88 Å². The average Bonchev–Trinajstić information content (AvgIpc) is 3.51. The van der Waals surface area contributed by atoms with Crippen LogP contribution in [0.2, 0.25) is 0 Å². The van der Waals surface area contributed by atoms with Crippen molar-refractivity contribution in [3.05, 3.63) is 59.6 Å². The number of nitrogens with zero attached hydrogens (tertiary/aromatic N) is 3. The second-order valence-corrected chi connectivity index (χ2v) is 10.5. The second kappa shape index (κ2) is 8.64. The van der Waals surface area contributed by atoms with Crippen LogP contribution in [0.3, 0.4) is 0 Å². The molecule has 0 saturated carbocycles. The highest BCUT2D eigenvalue weighted by Crippen LogP contribution is 2.26. The quantitative estimate of drug-likeness (QED) is 0.525. The van der Waals surface area contributed by atoms with Gasteiger partial charge in [0.2, 0.25) is 0 Å². The van der Waals surface area contributed by atoms with E-state index in [2.05, 4.69) is 5.10 Å². The van der Waals surface area contributed by atoms with Gasteiger partial charge in [0.15, 0.2) is 22.1 Å². The van der Waals surface area contributed by atoms with Gasteiger partial charge in [0, 0.05) is 19.2 Å². The second-order valence-electron chi connectivity index (χ2n) is 7.28. The molecule has 31 heavy (non-hydrogen) atoms. The Bertz CT molecular complexity index is 1190. The van der Waals surface area contributed by atoms with Gasteiger partial charge in [-0.2, -0.15) is 5.10 Å². The largest absolute Gasteiger partial charge is 0.451 e. The van der Waals surface area contributed by atoms with Gasteiger partial charge in [-0.05, 0) is 30.0 Å². The first kappa shape index (κ1) is 21.3. The molecule has 1 saturated heterocycles. The van der Waals surface area contributed by atoms with Gasteiger partial charge < -0.3 is 9.64 Å². The van der Waals surface area contributed by atoms with Crippen molar-refractivity contribution in [3.8, 4) is 16.3 Å². The van der Waals surface area contributed by atoms with Gasteiger partial charge in [0.1, 0.15) is 5.69 Å². The minimum Gasteiger partial charge on any atom is -0.451 e. The Kier molecular flexibility index (Phi) is 5.92. The summed E-state index contributed by atoms with van der Waals surface area (Å²) >= 11 is 1.50. The number of carbonyl (C=O) groups is 2. The maximum atomic E-state index is 12.8. The van der Waals surface area contributed by atoms with E-state index in [1.165, 1.54) is 28.0 Å². The number of likely N-dealkylation sites (N-methyl/N-ethyl adjacent to an activating group) is 1. The number of hydrogen-bond donors (Lipinski definition) is 0. The van der Waals surface area contributed by atoms with E-state index in [4.69, 9.17) is 4.74 Å². The molecule has 0 unspecified atom stereocenters. The molecule has 4 rings (SSSR count). The predicted octanol–water partition coefficient (Wildman–Crippen LogP) is 2.40. The lowest BCUT2D eigenvalue weighted by Gasteiger charge is -2.23. The van der Waals surface area contributed by atoms with Gasteiger partial charge in [-0.15, -0.1) is 11.3 Å². The van der Waals surface area contributed by atoms with Crippen LogP contribution in [0.1, 0.15) is 16.9 Å². The molecule has 1 aliphatic heterocycles. The third-order valence-corrected chi connectivity index (χ3v) is 7.81. The highest BCUT2D eigenvalue weighted by atomic mass is 32.2. The van der Waals surface area contributed by atoms with Crippen LogP contribution in [0, 0.1) is 0 Å². The number of benzene rings is 1. The lowest BCUT2D eigenvalue weighted by molar-refractivity contribution is -0.134. The van der Waals surface area contributed by atoms with E-state index in [9.17, 15) is 18.0 Å². The number of esters is 1. The van der Waals surface area contributed by atoms with E-state index in [-0.39, 0.29) is 17.2 Å². The minimum atomic E-state index is -3.12. The van der Waals surface area contributed by atoms with Crippen molar-refractivity contribution in [2.45, 2.75) is 12.5 Å². The summed E-state index contributed by atoms with van der Waals surface area (Å²) in [5.41, 5.74) is 1.52. The smallest absolute Gasteiger partial charge is 0.357 e. The van der Waals surface area contributed by atoms with Crippen molar-refractivity contribution in [1.82, 2.24) is 14.7 Å². The zero-order chi connectivity index (χ0) is 22.0. The average molecular weight is 460 g/mol. The van der Waals surface area contributed by atoms with Crippen LogP contribution in [0.5, 0.6) is 0 Å². The fraction of sp³-hybridized carbons (Fsp3) is 0.286. The molecule has 8 nitrogen and oxygen atoms in total.